The van der Waals surface area contributed by atoms with E-state index in [1.807, 2.05) is 6.92 Å². The van der Waals surface area contributed by atoms with Crippen molar-refractivity contribution in [2.24, 2.45) is 46.3 Å². The second kappa shape index (κ2) is 9.61. The maximum atomic E-state index is 12.0. The Morgan fingerprint density at radius 2 is 1.82 bits per heavy atom. The van der Waals surface area contributed by atoms with Gasteiger partial charge in [0, 0.05) is 13.0 Å². The zero-order valence-corrected chi connectivity index (χ0v) is 21.3. The summed E-state index contributed by atoms with van der Waals surface area (Å²) in [7, 11) is 0. The van der Waals surface area contributed by atoms with E-state index in [4.69, 9.17) is 9.84 Å². The van der Waals surface area contributed by atoms with Crippen molar-refractivity contribution >= 4 is 12.1 Å². The number of alkyl carbamates (subject to hydrolysis) is 1. The molecule has 0 saturated heterocycles. The number of rotatable bonds is 6. The first kappa shape index (κ1) is 25.7. The van der Waals surface area contributed by atoms with Gasteiger partial charge < -0.3 is 25.4 Å². The molecule has 4 aliphatic carbocycles. The van der Waals surface area contributed by atoms with E-state index in [1.54, 1.807) is 0 Å². The fourth-order valence-electron chi connectivity index (χ4n) is 9.11. The number of carbonyl (C=O) groups excluding carboxylic acids is 1. The number of amides is 1. The zero-order valence-electron chi connectivity index (χ0n) is 21.3. The van der Waals surface area contributed by atoms with Gasteiger partial charge in [-0.25, -0.2) is 4.79 Å². The molecule has 7 heteroatoms. The fraction of sp³-hybridized carbons (Fsp3) is 0.926. The Morgan fingerprint density at radius 1 is 1.09 bits per heavy atom. The van der Waals surface area contributed by atoms with E-state index in [1.165, 1.54) is 0 Å². The lowest BCUT2D eigenvalue weighted by molar-refractivity contribution is -0.207. The highest BCUT2D eigenvalue weighted by atomic mass is 16.6. The number of aliphatic carboxylic acids is 1. The second-order valence-corrected chi connectivity index (χ2v) is 12.3. The molecule has 0 bridgehead atoms. The Kier molecular flexibility index (Phi) is 7.27. The minimum Gasteiger partial charge on any atom is -0.481 e. The number of ether oxygens (including phenoxy) is 1. The molecule has 0 aromatic carbocycles. The highest BCUT2D eigenvalue weighted by Gasteiger charge is 2.65. The highest BCUT2D eigenvalue weighted by molar-refractivity contribution is 5.67. The molecular formula is C27H45NO6. The normalized spacial score (nSPS) is 46.5. The van der Waals surface area contributed by atoms with Crippen LogP contribution >= 0.6 is 0 Å². The van der Waals surface area contributed by atoms with Crippen molar-refractivity contribution < 1.29 is 29.6 Å². The second-order valence-electron chi connectivity index (χ2n) is 12.3. The van der Waals surface area contributed by atoms with Gasteiger partial charge in [0.1, 0.15) is 6.10 Å². The molecular weight excluding hydrogens is 434 g/mol. The molecule has 0 aromatic heterocycles. The van der Waals surface area contributed by atoms with E-state index in [-0.39, 0.29) is 65.0 Å². The largest absolute Gasteiger partial charge is 0.481 e. The molecule has 4 N–H and O–H groups in total. The quantitative estimate of drug-likeness (QED) is 0.454. The SMILES string of the molecule is CCNC(=O)O[C@@H]1CC[C@@]2(C)[C@@H](C1)C[C@@H](O)[C@@H]1[C@@H]2C[C@H](O)[C@]2(C)[C@@H]([C@H](C)CCC(=O)O)CC[C@@H]12. The van der Waals surface area contributed by atoms with Gasteiger partial charge >= 0.3 is 12.1 Å². The van der Waals surface area contributed by atoms with Crippen LogP contribution in [0.25, 0.3) is 0 Å². The average Bonchev–Trinajstić information content (AvgIpc) is 3.12. The molecule has 0 unspecified atom stereocenters. The van der Waals surface area contributed by atoms with E-state index in [0.29, 0.717) is 19.4 Å². The van der Waals surface area contributed by atoms with Gasteiger partial charge in [0.15, 0.2) is 0 Å². The standard InChI is InChI=1S/C27H45NO6/c1-5-28-25(33)34-17-10-11-26(3)16(12-17)13-21(29)24-19-8-7-18(15(2)6-9-23(31)32)27(19,4)22(30)14-20(24)26/h15-22,24,29-30H,5-14H2,1-4H3,(H,28,33)(H,31,32)/t15-,16+,17-,18-,19+,20+,21-,22+,24+,26+,27-/m1/s1. The number of carboxylic acids is 1. The molecule has 0 spiro atoms. The van der Waals surface area contributed by atoms with E-state index in [2.05, 4.69) is 26.1 Å². The molecule has 0 heterocycles. The summed E-state index contributed by atoms with van der Waals surface area (Å²) in [6, 6.07) is 0. The van der Waals surface area contributed by atoms with Crippen LogP contribution in [0.3, 0.4) is 0 Å². The summed E-state index contributed by atoms with van der Waals surface area (Å²) >= 11 is 0. The molecule has 11 atom stereocenters. The van der Waals surface area contributed by atoms with E-state index < -0.39 is 18.2 Å². The number of hydrogen-bond donors (Lipinski definition) is 4. The van der Waals surface area contributed by atoms with E-state index >= 15 is 0 Å². The number of carboxylic acid groups (broad SMARTS) is 1. The smallest absolute Gasteiger partial charge is 0.407 e. The predicted molar refractivity (Wildman–Crippen MR) is 128 cm³/mol. The maximum Gasteiger partial charge on any atom is 0.407 e. The number of nitrogens with one attached hydrogen (secondary N) is 1. The van der Waals surface area contributed by atoms with Gasteiger partial charge in [-0.2, -0.15) is 0 Å². The van der Waals surface area contributed by atoms with Crippen molar-refractivity contribution in [2.75, 3.05) is 6.54 Å². The van der Waals surface area contributed by atoms with Crippen LogP contribution in [0.15, 0.2) is 0 Å². The van der Waals surface area contributed by atoms with Crippen LogP contribution < -0.4 is 5.32 Å². The zero-order chi connectivity index (χ0) is 24.8. The third kappa shape index (κ3) is 4.25. The minimum absolute atomic E-state index is 0.0281. The van der Waals surface area contributed by atoms with Gasteiger partial charge in [-0.3, -0.25) is 4.79 Å². The van der Waals surface area contributed by atoms with Crippen molar-refractivity contribution in [3.63, 3.8) is 0 Å². The van der Waals surface area contributed by atoms with Crippen LogP contribution in [0.1, 0.15) is 85.5 Å². The first-order valence-corrected chi connectivity index (χ1v) is 13.5. The number of hydrogen-bond acceptors (Lipinski definition) is 5. The summed E-state index contributed by atoms with van der Waals surface area (Å²) in [6.45, 7) is 9.12. The summed E-state index contributed by atoms with van der Waals surface area (Å²) in [4.78, 5) is 23.1. The number of aliphatic hydroxyl groups excluding tert-OH is 2. The highest BCUT2D eigenvalue weighted by Crippen LogP contribution is 2.68. The van der Waals surface area contributed by atoms with Crippen molar-refractivity contribution in [1.82, 2.24) is 5.32 Å². The van der Waals surface area contributed by atoms with Crippen LogP contribution in [0.5, 0.6) is 0 Å². The Hall–Kier alpha value is -1.34. The van der Waals surface area contributed by atoms with E-state index in [9.17, 15) is 19.8 Å². The molecule has 0 aliphatic heterocycles. The van der Waals surface area contributed by atoms with Crippen LogP contribution in [0, 0.1) is 46.3 Å². The van der Waals surface area contributed by atoms with Crippen LogP contribution in [0.2, 0.25) is 0 Å². The lowest BCUT2D eigenvalue weighted by atomic mass is 9.43. The van der Waals surface area contributed by atoms with Crippen molar-refractivity contribution in [2.45, 2.75) is 104 Å². The summed E-state index contributed by atoms with van der Waals surface area (Å²) in [6.07, 6.45) is 5.47. The summed E-state index contributed by atoms with van der Waals surface area (Å²) < 4.78 is 5.66. The van der Waals surface area contributed by atoms with Gasteiger partial charge in [-0.1, -0.05) is 20.8 Å². The van der Waals surface area contributed by atoms with E-state index in [0.717, 1.165) is 38.5 Å². The Balaban J connectivity index is 1.52. The lowest BCUT2D eigenvalue weighted by Gasteiger charge is -2.63. The Bertz CT molecular complexity index is 774. The summed E-state index contributed by atoms with van der Waals surface area (Å²) in [5.74, 6) is 0.731. The fourth-order valence-corrected chi connectivity index (χ4v) is 9.11. The minimum atomic E-state index is -0.760. The van der Waals surface area contributed by atoms with Crippen molar-refractivity contribution in [3.8, 4) is 0 Å². The van der Waals surface area contributed by atoms with Crippen LogP contribution in [0.4, 0.5) is 4.79 Å². The molecule has 0 aromatic rings. The lowest BCUT2D eigenvalue weighted by Crippen LogP contribution is -2.62. The molecule has 0 radical (unpaired) electrons. The molecule has 194 valence electrons. The number of carbonyl (C=O) groups is 2. The molecule has 4 aliphatic rings. The third-order valence-electron chi connectivity index (χ3n) is 10.9. The maximum absolute atomic E-state index is 12.0. The van der Waals surface area contributed by atoms with Crippen LogP contribution in [-0.4, -0.2) is 52.2 Å². The molecule has 1 amide bonds. The molecule has 34 heavy (non-hydrogen) atoms. The molecule has 4 saturated carbocycles. The first-order valence-electron chi connectivity index (χ1n) is 13.5. The van der Waals surface area contributed by atoms with Gasteiger partial charge in [0.05, 0.1) is 12.2 Å². The number of fused-ring (bicyclic) bond motifs is 5. The molecule has 4 rings (SSSR count). The topological polar surface area (TPSA) is 116 Å². The van der Waals surface area contributed by atoms with Crippen LogP contribution in [-0.2, 0) is 9.53 Å². The van der Waals surface area contributed by atoms with Crippen molar-refractivity contribution in [3.05, 3.63) is 0 Å². The average molecular weight is 480 g/mol. The predicted octanol–water partition coefficient (Wildman–Crippen LogP) is 4.20. The Labute approximate surface area is 204 Å². The Morgan fingerprint density at radius 3 is 2.50 bits per heavy atom. The first-order chi connectivity index (χ1) is 16.0. The number of aliphatic hydroxyl groups is 2. The molecule has 4 fully saturated rings. The van der Waals surface area contributed by atoms with Gasteiger partial charge in [0.2, 0.25) is 0 Å². The third-order valence-corrected chi connectivity index (χ3v) is 10.9. The van der Waals surface area contributed by atoms with Gasteiger partial charge in [0.25, 0.3) is 0 Å². The van der Waals surface area contributed by atoms with Gasteiger partial charge in [-0.15, -0.1) is 0 Å². The van der Waals surface area contributed by atoms with Crippen molar-refractivity contribution in [1.29, 1.82) is 0 Å². The summed E-state index contributed by atoms with van der Waals surface area (Å²) in [5.41, 5.74) is -0.248. The summed E-state index contributed by atoms with van der Waals surface area (Å²) in [5, 5.41) is 35.0. The van der Waals surface area contributed by atoms with Gasteiger partial charge in [-0.05, 0) is 105 Å². The molecule has 7 nitrogen and oxygen atoms in total. The monoisotopic (exact) mass is 479 g/mol.